The van der Waals surface area contributed by atoms with Gasteiger partial charge in [-0.25, -0.2) is 4.39 Å². The minimum absolute atomic E-state index is 0.0278. The summed E-state index contributed by atoms with van der Waals surface area (Å²) in [5.74, 6) is -0.304. The highest BCUT2D eigenvalue weighted by molar-refractivity contribution is 6.09. The number of halogens is 1. The van der Waals surface area contributed by atoms with Crippen LogP contribution < -0.4 is 0 Å². The second kappa shape index (κ2) is 5.61. The van der Waals surface area contributed by atoms with Crippen LogP contribution in [-0.2, 0) is 0 Å². The van der Waals surface area contributed by atoms with Crippen LogP contribution in [0.3, 0.4) is 0 Å². The second-order valence-corrected chi connectivity index (χ2v) is 4.51. The largest absolute Gasteiger partial charge is 0.289 e. The molecule has 0 saturated heterocycles. The molecule has 0 aliphatic heterocycles. The van der Waals surface area contributed by atoms with E-state index in [9.17, 15) is 9.18 Å². The van der Waals surface area contributed by atoms with E-state index in [-0.39, 0.29) is 11.6 Å². The normalized spacial score (nSPS) is 11.4. The van der Waals surface area contributed by atoms with Crippen LogP contribution in [-0.4, -0.2) is 5.78 Å². The minimum atomic E-state index is -0.276. The molecule has 1 nitrogen and oxygen atoms in total. The van der Waals surface area contributed by atoms with E-state index in [1.165, 1.54) is 12.1 Å². The highest BCUT2D eigenvalue weighted by Crippen LogP contribution is 2.16. The molecule has 0 atom stereocenters. The molecule has 0 unspecified atom stereocenters. The summed E-state index contributed by atoms with van der Waals surface area (Å²) < 4.78 is 12.8. The average Bonchev–Trinajstić information content (AvgIpc) is 2.39. The highest BCUT2D eigenvalue weighted by Gasteiger charge is 2.06. The van der Waals surface area contributed by atoms with Gasteiger partial charge in [0.25, 0.3) is 0 Å². The Hall–Kier alpha value is -2.22. The van der Waals surface area contributed by atoms with Crippen LogP contribution in [0.25, 0.3) is 5.57 Å². The van der Waals surface area contributed by atoms with Crippen LogP contribution in [0.1, 0.15) is 28.4 Å². The lowest BCUT2D eigenvalue weighted by Gasteiger charge is -2.04. The molecule has 0 heterocycles. The molecule has 2 heteroatoms. The van der Waals surface area contributed by atoms with Crippen molar-refractivity contribution in [1.29, 1.82) is 0 Å². The van der Waals surface area contributed by atoms with Crippen molar-refractivity contribution >= 4 is 11.4 Å². The van der Waals surface area contributed by atoms with Crippen LogP contribution in [0.2, 0.25) is 0 Å². The Morgan fingerprint density at radius 3 is 2.32 bits per heavy atom. The van der Waals surface area contributed by atoms with Crippen molar-refractivity contribution in [1.82, 2.24) is 0 Å². The fraction of sp³-hybridized carbons (Fsp3) is 0.118. The zero-order valence-corrected chi connectivity index (χ0v) is 11.0. The molecule has 0 radical (unpaired) electrons. The summed E-state index contributed by atoms with van der Waals surface area (Å²) in [5.41, 5.74) is 3.33. The summed E-state index contributed by atoms with van der Waals surface area (Å²) in [4.78, 5) is 12.2. The van der Waals surface area contributed by atoms with Gasteiger partial charge in [-0.05, 0) is 48.8 Å². The Labute approximate surface area is 112 Å². The van der Waals surface area contributed by atoms with Gasteiger partial charge in [0.05, 0.1) is 0 Å². The minimum Gasteiger partial charge on any atom is -0.289 e. The second-order valence-electron chi connectivity index (χ2n) is 4.51. The molecule has 0 aliphatic carbocycles. The van der Waals surface area contributed by atoms with Crippen molar-refractivity contribution in [2.24, 2.45) is 0 Å². The topological polar surface area (TPSA) is 17.1 Å². The summed E-state index contributed by atoms with van der Waals surface area (Å²) in [5, 5.41) is 0. The van der Waals surface area contributed by atoms with Crippen molar-refractivity contribution in [2.75, 3.05) is 0 Å². The third-order valence-corrected chi connectivity index (χ3v) is 3.06. The van der Waals surface area contributed by atoms with Crippen molar-refractivity contribution in [3.63, 3.8) is 0 Å². The Balaban J connectivity index is 2.28. The highest BCUT2D eigenvalue weighted by atomic mass is 19.1. The number of aryl methyl sites for hydroxylation is 1. The Morgan fingerprint density at radius 1 is 1.05 bits per heavy atom. The molecule has 2 aromatic carbocycles. The quantitative estimate of drug-likeness (QED) is 0.585. The number of hydrogen-bond acceptors (Lipinski definition) is 1. The molecule has 0 aromatic heterocycles. The van der Waals surface area contributed by atoms with E-state index < -0.39 is 0 Å². The number of rotatable bonds is 3. The molecule has 0 bridgehead atoms. The summed E-state index contributed by atoms with van der Waals surface area (Å²) in [6.07, 6.45) is 1.59. The number of benzene rings is 2. The van der Waals surface area contributed by atoms with Crippen LogP contribution >= 0.6 is 0 Å². The molecule has 0 N–H and O–H groups in total. The molecule has 0 saturated carbocycles. The maximum Gasteiger partial charge on any atom is 0.186 e. The first-order valence-electron chi connectivity index (χ1n) is 6.12. The number of carbonyl (C=O) groups excluding carboxylic acids is 1. The van der Waals surface area contributed by atoms with Crippen LogP contribution in [0, 0.1) is 12.7 Å². The number of carbonyl (C=O) groups is 1. The van der Waals surface area contributed by atoms with Gasteiger partial charge in [-0.2, -0.15) is 0 Å². The van der Waals surface area contributed by atoms with Gasteiger partial charge in [0.15, 0.2) is 5.78 Å². The zero-order chi connectivity index (χ0) is 13.8. The fourth-order valence-electron chi connectivity index (χ4n) is 1.92. The van der Waals surface area contributed by atoms with E-state index >= 15 is 0 Å². The maximum atomic E-state index is 12.8. The molecule has 0 fully saturated rings. The van der Waals surface area contributed by atoms with Crippen molar-refractivity contribution in [3.05, 3.63) is 77.1 Å². The van der Waals surface area contributed by atoms with Crippen molar-refractivity contribution < 1.29 is 9.18 Å². The number of allylic oxidation sites excluding steroid dienone is 2. The van der Waals surface area contributed by atoms with Gasteiger partial charge in [-0.3, -0.25) is 4.79 Å². The van der Waals surface area contributed by atoms with Crippen molar-refractivity contribution in [2.45, 2.75) is 13.8 Å². The first-order chi connectivity index (χ1) is 9.08. The summed E-state index contributed by atoms with van der Waals surface area (Å²) >= 11 is 0. The Morgan fingerprint density at radius 2 is 1.68 bits per heavy atom. The van der Waals surface area contributed by atoms with E-state index in [1.54, 1.807) is 18.2 Å². The smallest absolute Gasteiger partial charge is 0.186 e. The molecule has 96 valence electrons. The molecular formula is C17H15FO. The molecule has 2 aromatic rings. The maximum absolute atomic E-state index is 12.8. The molecule has 2 rings (SSSR count). The van der Waals surface area contributed by atoms with Gasteiger partial charge < -0.3 is 0 Å². The predicted molar refractivity (Wildman–Crippen MR) is 75.6 cm³/mol. The summed E-state index contributed by atoms with van der Waals surface area (Å²) in [7, 11) is 0. The SMILES string of the molecule is C/C(=C\C(=O)c1ccccc1C)c1ccc(F)cc1. The van der Waals surface area contributed by atoms with E-state index in [0.717, 1.165) is 16.7 Å². The standard InChI is InChI=1S/C17H15FO/c1-12-5-3-4-6-16(12)17(19)11-13(2)14-7-9-15(18)10-8-14/h3-11H,1-2H3/b13-11+. The predicted octanol–water partition coefficient (Wildman–Crippen LogP) is 4.42. The zero-order valence-electron chi connectivity index (χ0n) is 11.0. The number of ketones is 1. The van der Waals surface area contributed by atoms with E-state index in [0.29, 0.717) is 5.56 Å². The van der Waals surface area contributed by atoms with Crippen LogP contribution in [0.4, 0.5) is 4.39 Å². The average molecular weight is 254 g/mol. The monoisotopic (exact) mass is 254 g/mol. The third-order valence-electron chi connectivity index (χ3n) is 3.06. The molecular weight excluding hydrogens is 239 g/mol. The van der Waals surface area contributed by atoms with Gasteiger partial charge in [-0.1, -0.05) is 36.4 Å². The van der Waals surface area contributed by atoms with E-state index in [4.69, 9.17) is 0 Å². The number of hydrogen-bond donors (Lipinski definition) is 0. The van der Waals surface area contributed by atoms with Crippen LogP contribution in [0.5, 0.6) is 0 Å². The molecule has 0 spiro atoms. The van der Waals surface area contributed by atoms with Gasteiger partial charge >= 0.3 is 0 Å². The first kappa shape index (κ1) is 13.2. The van der Waals surface area contributed by atoms with Gasteiger partial charge in [-0.15, -0.1) is 0 Å². The Bertz CT molecular complexity index is 624. The molecule has 0 amide bonds. The lowest BCUT2D eigenvalue weighted by Crippen LogP contribution is -1.98. The van der Waals surface area contributed by atoms with Crippen molar-refractivity contribution in [3.8, 4) is 0 Å². The van der Waals surface area contributed by atoms with Gasteiger partial charge in [0.1, 0.15) is 5.82 Å². The van der Waals surface area contributed by atoms with Gasteiger partial charge in [0, 0.05) is 5.56 Å². The molecule has 19 heavy (non-hydrogen) atoms. The lowest BCUT2D eigenvalue weighted by atomic mass is 10.0. The lowest BCUT2D eigenvalue weighted by molar-refractivity contribution is 0.104. The first-order valence-corrected chi connectivity index (χ1v) is 6.12. The fourth-order valence-corrected chi connectivity index (χ4v) is 1.92. The third kappa shape index (κ3) is 3.16. The Kier molecular flexibility index (Phi) is 3.91. The summed E-state index contributed by atoms with van der Waals surface area (Å²) in [6.45, 7) is 3.76. The summed E-state index contributed by atoms with van der Waals surface area (Å²) in [6, 6.07) is 13.6. The molecule has 0 aliphatic rings. The van der Waals surface area contributed by atoms with Gasteiger partial charge in [0.2, 0.25) is 0 Å². The van der Waals surface area contributed by atoms with E-state index in [1.807, 2.05) is 38.1 Å². The van der Waals surface area contributed by atoms with Crippen LogP contribution in [0.15, 0.2) is 54.6 Å². The van der Waals surface area contributed by atoms with E-state index in [2.05, 4.69) is 0 Å².